The Morgan fingerprint density at radius 2 is 2.12 bits per heavy atom. The van der Waals surface area contributed by atoms with Gasteiger partial charge in [-0.25, -0.2) is 4.98 Å². The Balaban J connectivity index is 2.14. The summed E-state index contributed by atoms with van der Waals surface area (Å²) in [6.07, 6.45) is 3.08. The first-order valence-electron chi connectivity index (χ1n) is 5.58. The molecule has 6 heteroatoms. The Labute approximate surface area is 103 Å². The van der Waals surface area contributed by atoms with Crippen LogP contribution in [0.4, 0.5) is 0 Å². The molecular weight excluding hydrogens is 238 g/mol. The zero-order chi connectivity index (χ0) is 12.5. The smallest absolute Gasteiger partial charge is 0.271 e. The molecule has 1 saturated carbocycles. The Kier molecular flexibility index (Phi) is 3.15. The molecule has 0 spiro atoms. The van der Waals surface area contributed by atoms with Gasteiger partial charge in [0.25, 0.3) is 5.91 Å². The van der Waals surface area contributed by atoms with E-state index >= 15 is 0 Å². The monoisotopic (exact) mass is 253 g/mol. The fraction of sp³-hybridized carbons (Fsp3) is 0.545. The van der Waals surface area contributed by atoms with Crippen LogP contribution in [0.25, 0.3) is 0 Å². The van der Waals surface area contributed by atoms with Crippen molar-refractivity contribution in [3.63, 3.8) is 0 Å². The number of rotatable bonds is 3. The molecule has 0 bridgehead atoms. The summed E-state index contributed by atoms with van der Waals surface area (Å²) in [5.74, 6) is -0.759. The normalized spacial score (nSPS) is 17.9. The van der Waals surface area contributed by atoms with Crippen molar-refractivity contribution in [2.75, 3.05) is 0 Å². The summed E-state index contributed by atoms with van der Waals surface area (Å²) in [5, 5.41) is 5.27. The van der Waals surface area contributed by atoms with Gasteiger partial charge >= 0.3 is 0 Å². The predicted octanol–water partition coefficient (Wildman–Crippen LogP) is 0.979. The first-order valence-corrected chi connectivity index (χ1v) is 6.46. The number of carbonyl (C=O) groups excluding carboxylic acids is 2. The first-order chi connectivity index (χ1) is 8.03. The second-order valence-electron chi connectivity index (χ2n) is 4.36. The molecular formula is C11H15N3O2S. The lowest BCUT2D eigenvalue weighted by atomic mass is 9.96. The van der Waals surface area contributed by atoms with Crippen LogP contribution >= 0.6 is 11.3 Å². The van der Waals surface area contributed by atoms with Gasteiger partial charge in [0.1, 0.15) is 11.2 Å². The van der Waals surface area contributed by atoms with Gasteiger partial charge in [0, 0.05) is 5.38 Å². The standard InChI is InChI=1S/C11H15N3O2S/c1-7-13-8(6-17-7)9(15)14-11(10(12)16)4-2-3-5-11/h6H,2-5H2,1H3,(H2,12,16)(H,14,15). The van der Waals surface area contributed by atoms with Gasteiger partial charge in [-0.05, 0) is 19.8 Å². The number of nitrogens with zero attached hydrogens (tertiary/aromatic N) is 1. The van der Waals surface area contributed by atoms with Gasteiger partial charge in [-0.2, -0.15) is 0 Å². The van der Waals surface area contributed by atoms with E-state index in [9.17, 15) is 9.59 Å². The molecule has 1 aliphatic carbocycles. The predicted molar refractivity (Wildman–Crippen MR) is 64.7 cm³/mol. The molecule has 17 heavy (non-hydrogen) atoms. The number of aryl methyl sites for hydroxylation is 1. The summed E-state index contributed by atoms with van der Waals surface area (Å²) in [6, 6.07) is 0. The van der Waals surface area contributed by atoms with Crippen molar-refractivity contribution in [3.05, 3.63) is 16.1 Å². The van der Waals surface area contributed by atoms with Crippen molar-refractivity contribution in [2.24, 2.45) is 5.73 Å². The maximum Gasteiger partial charge on any atom is 0.271 e. The zero-order valence-corrected chi connectivity index (χ0v) is 10.5. The van der Waals surface area contributed by atoms with E-state index in [4.69, 9.17) is 5.73 Å². The van der Waals surface area contributed by atoms with Gasteiger partial charge in [0.05, 0.1) is 5.01 Å². The van der Waals surface area contributed by atoms with E-state index in [1.165, 1.54) is 11.3 Å². The summed E-state index contributed by atoms with van der Waals surface area (Å²) in [7, 11) is 0. The van der Waals surface area contributed by atoms with Crippen LogP contribution in [0.1, 0.15) is 41.2 Å². The van der Waals surface area contributed by atoms with Crippen molar-refractivity contribution in [1.29, 1.82) is 0 Å². The summed E-state index contributed by atoms with van der Waals surface area (Å²) >= 11 is 1.41. The maximum atomic E-state index is 11.9. The second kappa shape index (κ2) is 4.44. The summed E-state index contributed by atoms with van der Waals surface area (Å²) in [6.45, 7) is 1.83. The average molecular weight is 253 g/mol. The van der Waals surface area contributed by atoms with E-state index in [0.717, 1.165) is 17.8 Å². The minimum Gasteiger partial charge on any atom is -0.368 e. The molecule has 1 aliphatic rings. The zero-order valence-electron chi connectivity index (χ0n) is 9.66. The largest absolute Gasteiger partial charge is 0.368 e. The highest BCUT2D eigenvalue weighted by molar-refractivity contribution is 7.09. The van der Waals surface area contributed by atoms with Gasteiger partial charge in [0.2, 0.25) is 5.91 Å². The van der Waals surface area contributed by atoms with Gasteiger partial charge in [0.15, 0.2) is 0 Å². The van der Waals surface area contributed by atoms with Crippen LogP contribution in [0, 0.1) is 6.92 Å². The van der Waals surface area contributed by atoms with Gasteiger partial charge in [-0.3, -0.25) is 9.59 Å². The SMILES string of the molecule is Cc1nc(C(=O)NC2(C(N)=O)CCCC2)cs1. The summed E-state index contributed by atoms with van der Waals surface area (Å²) in [5.41, 5.74) is 4.89. The van der Waals surface area contributed by atoms with Crippen molar-refractivity contribution in [3.8, 4) is 0 Å². The molecule has 92 valence electrons. The van der Waals surface area contributed by atoms with E-state index in [2.05, 4.69) is 10.3 Å². The molecule has 0 aliphatic heterocycles. The lowest BCUT2D eigenvalue weighted by Crippen LogP contribution is -2.55. The number of carbonyl (C=O) groups is 2. The molecule has 1 aromatic rings. The molecule has 1 aromatic heterocycles. The molecule has 2 rings (SSSR count). The van der Waals surface area contributed by atoms with Crippen LogP contribution in [0.3, 0.4) is 0 Å². The fourth-order valence-corrected chi connectivity index (χ4v) is 2.75. The van der Waals surface area contributed by atoms with Gasteiger partial charge < -0.3 is 11.1 Å². The van der Waals surface area contributed by atoms with Crippen molar-refractivity contribution < 1.29 is 9.59 Å². The van der Waals surface area contributed by atoms with E-state index in [1.54, 1.807) is 5.38 Å². The number of thiazole rings is 1. The van der Waals surface area contributed by atoms with Crippen molar-refractivity contribution in [1.82, 2.24) is 10.3 Å². The summed E-state index contributed by atoms with van der Waals surface area (Å²) < 4.78 is 0. The lowest BCUT2D eigenvalue weighted by molar-refractivity contribution is -0.123. The number of hydrogen-bond acceptors (Lipinski definition) is 4. The minimum atomic E-state index is -0.866. The maximum absolute atomic E-state index is 11.9. The molecule has 0 unspecified atom stereocenters. The molecule has 0 aromatic carbocycles. The van der Waals surface area contributed by atoms with Crippen molar-refractivity contribution in [2.45, 2.75) is 38.1 Å². The Morgan fingerprint density at radius 3 is 2.59 bits per heavy atom. The molecule has 0 saturated heterocycles. The van der Waals surface area contributed by atoms with Gasteiger partial charge in [-0.15, -0.1) is 11.3 Å². The van der Waals surface area contributed by atoms with E-state index in [1.807, 2.05) is 6.92 Å². The third-order valence-corrected chi connectivity index (χ3v) is 3.91. The molecule has 2 amide bonds. The molecule has 1 heterocycles. The Bertz CT molecular complexity index is 449. The van der Waals surface area contributed by atoms with E-state index in [-0.39, 0.29) is 5.91 Å². The van der Waals surface area contributed by atoms with Crippen LogP contribution in [0.5, 0.6) is 0 Å². The number of nitrogens with one attached hydrogen (secondary N) is 1. The highest BCUT2D eigenvalue weighted by Crippen LogP contribution is 2.29. The summed E-state index contributed by atoms with van der Waals surface area (Å²) in [4.78, 5) is 27.5. The van der Waals surface area contributed by atoms with Crippen molar-refractivity contribution >= 4 is 23.2 Å². The number of aromatic nitrogens is 1. The molecule has 5 nitrogen and oxygen atoms in total. The van der Waals surface area contributed by atoms with Crippen LogP contribution in [0.2, 0.25) is 0 Å². The second-order valence-corrected chi connectivity index (χ2v) is 5.42. The Morgan fingerprint density at radius 1 is 1.47 bits per heavy atom. The third-order valence-electron chi connectivity index (χ3n) is 3.13. The van der Waals surface area contributed by atoms with Crippen LogP contribution in [-0.2, 0) is 4.79 Å². The quantitative estimate of drug-likeness (QED) is 0.842. The van der Waals surface area contributed by atoms with Gasteiger partial charge in [-0.1, -0.05) is 12.8 Å². The molecule has 1 fully saturated rings. The fourth-order valence-electron chi connectivity index (χ4n) is 2.16. The molecule has 0 atom stereocenters. The van der Waals surface area contributed by atoms with Crippen LogP contribution < -0.4 is 11.1 Å². The number of nitrogens with two attached hydrogens (primary N) is 1. The Hall–Kier alpha value is -1.43. The average Bonchev–Trinajstić information content (AvgIpc) is 2.87. The molecule has 3 N–H and O–H groups in total. The topological polar surface area (TPSA) is 85.1 Å². The number of primary amides is 1. The molecule has 0 radical (unpaired) electrons. The lowest BCUT2D eigenvalue weighted by Gasteiger charge is -2.26. The van der Waals surface area contributed by atoms with Crippen LogP contribution in [0.15, 0.2) is 5.38 Å². The van der Waals surface area contributed by atoms with E-state index in [0.29, 0.717) is 18.5 Å². The highest BCUT2D eigenvalue weighted by atomic mass is 32.1. The van der Waals surface area contributed by atoms with Crippen LogP contribution in [-0.4, -0.2) is 22.3 Å². The van der Waals surface area contributed by atoms with E-state index < -0.39 is 11.4 Å². The first kappa shape index (κ1) is 12.0. The number of amides is 2. The highest BCUT2D eigenvalue weighted by Gasteiger charge is 2.41. The number of hydrogen-bond donors (Lipinski definition) is 2. The minimum absolute atomic E-state index is 0.310. The third kappa shape index (κ3) is 2.31.